The molecule has 2 nitrogen and oxygen atoms in total. The summed E-state index contributed by atoms with van der Waals surface area (Å²) in [5.41, 5.74) is 3.00. The van der Waals surface area contributed by atoms with Crippen LogP contribution >= 0.6 is 0 Å². The van der Waals surface area contributed by atoms with Crippen LogP contribution in [-0.2, 0) is 12.8 Å². The van der Waals surface area contributed by atoms with Gasteiger partial charge in [-0.2, -0.15) is 0 Å². The highest BCUT2D eigenvalue weighted by Crippen LogP contribution is 2.26. The van der Waals surface area contributed by atoms with E-state index in [2.05, 4.69) is 44.3 Å². The molecule has 0 fully saturated rings. The lowest BCUT2D eigenvalue weighted by Gasteiger charge is -2.20. The minimum Gasteiger partial charge on any atom is -0.489 e. The van der Waals surface area contributed by atoms with Gasteiger partial charge in [0.15, 0.2) is 0 Å². The zero-order valence-electron chi connectivity index (χ0n) is 11.8. The van der Waals surface area contributed by atoms with Crippen molar-refractivity contribution in [3.05, 3.63) is 29.3 Å². The molecule has 0 heterocycles. The molecule has 0 saturated heterocycles. The Hall–Kier alpha value is -1.02. The van der Waals surface area contributed by atoms with Gasteiger partial charge in [0.25, 0.3) is 0 Å². The Balaban J connectivity index is 1.94. The van der Waals surface area contributed by atoms with E-state index in [-0.39, 0.29) is 6.10 Å². The fourth-order valence-corrected chi connectivity index (χ4v) is 2.45. The van der Waals surface area contributed by atoms with E-state index in [1.807, 2.05) is 0 Å². The van der Waals surface area contributed by atoms with Crippen LogP contribution in [0.1, 0.15) is 44.7 Å². The Labute approximate surface area is 111 Å². The lowest BCUT2D eigenvalue weighted by atomic mass is 10.1. The summed E-state index contributed by atoms with van der Waals surface area (Å²) in [5.74, 6) is 1.04. The molecule has 1 aliphatic rings. The Bertz CT molecular complexity index is 387. The van der Waals surface area contributed by atoms with Crippen molar-refractivity contribution in [3.8, 4) is 5.75 Å². The molecule has 2 rings (SSSR count). The van der Waals surface area contributed by atoms with Gasteiger partial charge in [0.05, 0.1) is 0 Å². The second-order valence-electron chi connectivity index (χ2n) is 5.50. The molecule has 0 aliphatic heterocycles. The van der Waals surface area contributed by atoms with Crippen LogP contribution in [0.25, 0.3) is 0 Å². The van der Waals surface area contributed by atoms with Crippen LogP contribution in [0.5, 0.6) is 5.75 Å². The number of nitrogens with one attached hydrogen (secondary N) is 1. The zero-order valence-corrected chi connectivity index (χ0v) is 11.8. The quantitative estimate of drug-likeness (QED) is 0.832. The van der Waals surface area contributed by atoms with Gasteiger partial charge in [0.2, 0.25) is 0 Å². The fourth-order valence-electron chi connectivity index (χ4n) is 2.45. The third kappa shape index (κ3) is 3.49. The molecule has 1 aromatic rings. The summed E-state index contributed by atoms with van der Waals surface area (Å²) in [6, 6.07) is 7.12. The maximum Gasteiger partial charge on any atom is 0.120 e. The monoisotopic (exact) mass is 247 g/mol. The predicted molar refractivity (Wildman–Crippen MR) is 76.3 cm³/mol. The molecular formula is C16H25NO. The van der Waals surface area contributed by atoms with Crippen molar-refractivity contribution in [3.63, 3.8) is 0 Å². The molecule has 1 aromatic carbocycles. The molecule has 1 unspecified atom stereocenters. The van der Waals surface area contributed by atoms with Crippen LogP contribution in [0.15, 0.2) is 18.2 Å². The lowest BCUT2D eigenvalue weighted by molar-refractivity contribution is 0.190. The summed E-state index contributed by atoms with van der Waals surface area (Å²) in [4.78, 5) is 0. The second kappa shape index (κ2) is 6.24. The third-order valence-corrected chi connectivity index (χ3v) is 3.58. The van der Waals surface area contributed by atoms with Crippen molar-refractivity contribution in [2.45, 2.75) is 58.6 Å². The Morgan fingerprint density at radius 1 is 1.22 bits per heavy atom. The van der Waals surface area contributed by atoms with Crippen molar-refractivity contribution in [2.24, 2.45) is 0 Å². The summed E-state index contributed by atoms with van der Waals surface area (Å²) in [6.07, 6.45) is 5.06. The maximum atomic E-state index is 6.08. The summed E-state index contributed by atoms with van der Waals surface area (Å²) >= 11 is 0. The van der Waals surface area contributed by atoms with Gasteiger partial charge in [-0.25, -0.2) is 0 Å². The van der Waals surface area contributed by atoms with E-state index in [1.54, 1.807) is 0 Å². The number of aryl methyl sites for hydroxylation is 2. The van der Waals surface area contributed by atoms with Crippen LogP contribution in [0.4, 0.5) is 0 Å². The maximum absolute atomic E-state index is 6.08. The van der Waals surface area contributed by atoms with Gasteiger partial charge in [-0.15, -0.1) is 0 Å². The molecule has 1 atom stereocenters. The van der Waals surface area contributed by atoms with E-state index >= 15 is 0 Å². The van der Waals surface area contributed by atoms with E-state index in [0.717, 1.165) is 18.7 Å². The third-order valence-electron chi connectivity index (χ3n) is 3.58. The molecule has 18 heavy (non-hydrogen) atoms. The summed E-state index contributed by atoms with van der Waals surface area (Å²) < 4.78 is 6.08. The number of benzene rings is 1. The molecule has 0 bridgehead atoms. The van der Waals surface area contributed by atoms with Crippen molar-refractivity contribution in [2.75, 3.05) is 6.54 Å². The lowest BCUT2D eigenvalue weighted by Crippen LogP contribution is -2.34. The normalized spacial score (nSPS) is 15.8. The molecule has 2 heteroatoms. The Morgan fingerprint density at radius 2 is 2.00 bits per heavy atom. The average molecular weight is 247 g/mol. The fraction of sp³-hybridized carbons (Fsp3) is 0.625. The van der Waals surface area contributed by atoms with Crippen molar-refractivity contribution in [1.29, 1.82) is 0 Å². The average Bonchev–Trinajstić information content (AvgIpc) is 2.81. The molecule has 1 aliphatic carbocycles. The van der Waals surface area contributed by atoms with E-state index in [0.29, 0.717) is 6.04 Å². The standard InChI is InChI=1S/C16H25NO/c1-4-15(11-17-12(2)3)18-16-9-8-13-6-5-7-14(13)10-16/h8-10,12,15,17H,4-7,11H2,1-3H3. The van der Waals surface area contributed by atoms with Gasteiger partial charge >= 0.3 is 0 Å². The van der Waals surface area contributed by atoms with Crippen molar-refractivity contribution in [1.82, 2.24) is 5.32 Å². The summed E-state index contributed by atoms with van der Waals surface area (Å²) in [7, 11) is 0. The van der Waals surface area contributed by atoms with Gasteiger partial charge in [0, 0.05) is 12.6 Å². The summed E-state index contributed by atoms with van der Waals surface area (Å²) in [5, 5.41) is 3.44. The molecule has 0 radical (unpaired) electrons. The number of ether oxygens (including phenoxy) is 1. The minimum atomic E-state index is 0.270. The first-order valence-corrected chi connectivity index (χ1v) is 7.21. The molecule has 0 aromatic heterocycles. The molecular weight excluding hydrogens is 222 g/mol. The molecule has 0 saturated carbocycles. The van der Waals surface area contributed by atoms with E-state index in [1.165, 1.54) is 30.4 Å². The van der Waals surface area contributed by atoms with Gasteiger partial charge < -0.3 is 10.1 Å². The van der Waals surface area contributed by atoms with Gasteiger partial charge in [-0.05, 0) is 48.9 Å². The number of fused-ring (bicyclic) bond motifs is 1. The number of hydrogen-bond acceptors (Lipinski definition) is 2. The largest absolute Gasteiger partial charge is 0.489 e. The Morgan fingerprint density at radius 3 is 2.72 bits per heavy atom. The van der Waals surface area contributed by atoms with E-state index in [4.69, 9.17) is 4.74 Å². The van der Waals surface area contributed by atoms with Crippen LogP contribution in [0.2, 0.25) is 0 Å². The van der Waals surface area contributed by atoms with Gasteiger partial charge in [-0.3, -0.25) is 0 Å². The first kappa shape index (κ1) is 13.4. The minimum absolute atomic E-state index is 0.270. The smallest absolute Gasteiger partial charge is 0.120 e. The second-order valence-corrected chi connectivity index (χ2v) is 5.50. The van der Waals surface area contributed by atoms with Crippen LogP contribution in [-0.4, -0.2) is 18.7 Å². The summed E-state index contributed by atoms with van der Waals surface area (Å²) in [6.45, 7) is 7.44. The molecule has 1 N–H and O–H groups in total. The van der Waals surface area contributed by atoms with Crippen LogP contribution < -0.4 is 10.1 Å². The Kier molecular flexibility index (Phi) is 4.65. The van der Waals surface area contributed by atoms with Gasteiger partial charge in [-0.1, -0.05) is 26.8 Å². The highest BCUT2D eigenvalue weighted by molar-refractivity contribution is 5.38. The zero-order chi connectivity index (χ0) is 13.0. The SMILES string of the molecule is CCC(CNC(C)C)Oc1ccc2c(c1)CCC2. The highest BCUT2D eigenvalue weighted by Gasteiger charge is 2.13. The van der Waals surface area contributed by atoms with Crippen molar-refractivity contribution >= 4 is 0 Å². The predicted octanol–water partition coefficient (Wildman–Crippen LogP) is 3.33. The van der Waals surface area contributed by atoms with Crippen molar-refractivity contribution < 1.29 is 4.74 Å². The first-order chi connectivity index (χ1) is 8.69. The van der Waals surface area contributed by atoms with Crippen LogP contribution in [0, 0.1) is 0 Å². The molecule has 0 spiro atoms. The topological polar surface area (TPSA) is 21.3 Å². The number of hydrogen-bond donors (Lipinski definition) is 1. The molecule has 100 valence electrons. The first-order valence-electron chi connectivity index (χ1n) is 7.21. The molecule has 0 amide bonds. The van der Waals surface area contributed by atoms with E-state index in [9.17, 15) is 0 Å². The van der Waals surface area contributed by atoms with Crippen LogP contribution in [0.3, 0.4) is 0 Å². The number of rotatable bonds is 6. The van der Waals surface area contributed by atoms with Gasteiger partial charge in [0.1, 0.15) is 11.9 Å². The highest BCUT2D eigenvalue weighted by atomic mass is 16.5. The van der Waals surface area contributed by atoms with E-state index < -0.39 is 0 Å².